The Labute approximate surface area is 89.4 Å². The molecule has 1 saturated carbocycles. The van der Waals surface area contributed by atoms with E-state index in [9.17, 15) is 9.59 Å². The molecule has 15 heavy (non-hydrogen) atoms. The molecule has 1 rings (SSSR count). The van der Waals surface area contributed by atoms with Gasteiger partial charge >= 0.3 is 0 Å². The summed E-state index contributed by atoms with van der Waals surface area (Å²) < 4.78 is 0. The minimum Gasteiger partial charge on any atom is -0.394 e. The van der Waals surface area contributed by atoms with Gasteiger partial charge in [0.25, 0.3) is 0 Å². The fourth-order valence-electron chi connectivity index (χ4n) is 1.59. The van der Waals surface area contributed by atoms with Crippen molar-refractivity contribution in [2.24, 2.45) is 0 Å². The summed E-state index contributed by atoms with van der Waals surface area (Å²) in [7, 11) is 1.58. The number of hydrogen-bond acceptors (Lipinski definition) is 3. The summed E-state index contributed by atoms with van der Waals surface area (Å²) >= 11 is 0. The van der Waals surface area contributed by atoms with Crippen molar-refractivity contribution in [1.82, 2.24) is 10.2 Å². The van der Waals surface area contributed by atoms with Crippen molar-refractivity contribution in [3.63, 3.8) is 0 Å². The average molecular weight is 214 g/mol. The molecule has 2 N–H and O–H groups in total. The van der Waals surface area contributed by atoms with Gasteiger partial charge in [-0.15, -0.1) is 0 Å². The Morgan fingerprint density at radius 1 is 1.47 bits per heavy atom. The van der Waals surface area contributed by atoms with E-state index in [2.05, 4.69) is 5.32 Å². The van der Waals surface area contributed by atoms with E-state index in [1.165, 1.54) is 11.8 Å². The van der Waals surface area contributed by atoms with Crippen LogP contribution in [0.3, 0.4) is 0 Å². The van der Waals surface area contributed by atoms with Crippen LogP contribution in [0.4, 0.5) is 0 Å². The first-order chi connectivity index (χ1) is 6.99. The number of carbonyl (C=O) groups excluding carboxylic acids is 2. The fourth-order valence-corrected chi connectivity index (χ4v) is 1.59. The standard InChI is InChI=1S/C10H18N2O3/c1-8(14)12(2)6-9(15)11-10(7-13)4-3-5-10/h13H,3-7H2,1-2H3,(H,11,15). The second kappa shape index (κ2) is 4.61. The van der Waals surface area contributed by atoms with Gasteiger partial charge in [-0.1, -0.05) is 0 Å². The summed E-state index contributed by atoms with van der Waals surface area (Å²) in [5.74, 6) is -0.349. The first-order valence-corrected chi connectivity index (χ1v) is 5.13. The van der Waals surface area contributed by atoms with Gasteiger partial charge < -0.3 is 15.3 Å². The van der Waals surface area contributed by atoms with Crippen LogP contribution in [0.15, 0.2) is 0 Å². The Balaban J connectivity index is 2.38. The lowest BCUT2D eigenvalue weighted by atomic mass is 9.77. The van der Waals surface area contributed by atoms with Crippen molar-refractivity contribution < 1.29 is 14.7 Å². The number of rotatable bonds is 4. The molecule has 0 atom stereocenters. The van der Waals surface area contributed by atoms with Crippen LogP contribution in [-0.4, -0.2) is 47.6 Å². The average Bonchev–Trinajstić information content (AvgIpc) is 2.11. The second-order valence-corrected chi connectivity index (χ2v) is 4.22. The highest BCUT2D eigenvalue weighted by molar-refractivity contribution is 5.84. The van der Waals surface area contributed by atoms with E-state index in [1.54, 1.807) is 7.05 Å². The van der Waals surface area contributed by atoms with Crippen molar-refractivity contribution in [1.29, 1.82) is 0 Å². The molecule has 0 bridgehead atoms. The molecule has 0 radical (unpaired) electrons. The Kier molecular flexibility index (Phi) is 3.68. The monoisotopic (exact) mass is 214 g/mol. The smallest absolute Gasteiger partial charge is 0.240 e. The summed E-state index contributed by atoms with van der Waals surface area (Å²) in [6.45, 7) is 1.44. The third-order valence-corrected chi connectivity index (χ3v) is 2.94. The molecule has 1 aliphatic carbocycles. The molecule has 0 aromatic carbocycles. The molecule has 0 unspecified atom stereocenters. The topological polar surface area (TPSA) is 69.6 Å². The summed E-state index contributed by atoms with van der Waals surface area (Å²) in [5, 5.41) is 11.9. The van der Waals surface area contributed by atoms with Gasteiger partial charge in [-0.3, -0.25) is 9.59 Å². The van der Waals surface area contributed by atoms with E-state index in [0.717, 1.165) is 19.3 Å². The first kappa shape index (κ1) is 12.0. The van der Waals surface area contributed by atoms with Crippen LogP contribution in [0.1, 0.15) is 26.2 Å². The zero-order valence-electron chi connectivity index (χ0n) is 9.25. The lowest BCUT2D eigenvalue weighted by molar-refractivity contribution is -0.134. The molecule has 2 amide bonds. The maximum Gasteiger partial charge on any atom is 0.240 e. The van der Waals surface area contributed by atoms with E-state index in [1.807, 2.05) is 0 Å². The van der Waals surface area contributed by atoms with Gasteiger partial charge in [0.1, 0.15) is 0 Å². The van der Waals surface area contributed by atoms with Crippen molar-refractivity contribution in [3.8, 4) is 0 Å². The number of aliphatic hydroxyl groups is 1. The third-order valence-electron chi connectivity index (χ3n) is 2.94. The summed E-state index contributed by atoms with van der Waals surface area (Å²) in [6.07, 6.45) is 2.67. The van der Waals surface area contributed by atoms with E-state index in [-0.39, 0.29) is 25.0 Å². The van der Waals surface area contributed by atoms with Gasteiger partial charge in [0, 0.05) is 14.0 Å². The van der Waals surface area contributed by atoms with Gasteiger partial charge in [-0.2, -0.15) is 0 Å². The number of nitrogens with one attached hydrogen (secondary N) is 1. The van der Waals surface area contributed by atoms with Crippen LogP contribution in [0.5, 0.6) is 0 Å². The highest BCUT2D eigenvalue weighted by atomic mass is 16.3. The van der Waals surface area contributed by atoms with E-state index in [4.69, 9.17) is 5.11 Å². The van der Waals surface area contributed by atoms with Crippen molar-refractivity contribution in [2.45, 2.75) is 31.7 Å². The van der Waals surface area contributed by atoms with Crippen LogP contribution < -0.4 is 5.32 Å². The highest BCUT2D eigenvalue weighted by Gasteiger charge is 2.37. The number of likely N-dealkylation sites (N-methyl/N-ethyl adjacent to an activating group) is 1. The predicted molar refractivity (Wildman–Crippen MR) is 55.1 cm³/mol. The molecule has 86 valence electrons. The largest absolute Gasteiger partial charge is 0.394 e. The van der Waals surface area contributed by atoms with Gasteiger partial charge in [0.05, 0.1) is 18.7 Å². The molecule has 0 heterocycles. The SMILES string of the molecule is CC(=O)N(C)CC(=O)NC1(CO)CCC1. The number of aliphatic hydroxyl groups excluding tert-OH is 1. The van der Waals surface area contributed by atoms with E-state index in [0.29, 0.717) is 0 Å². The molecule has 0 spiro atoms. The van der Waals surface area contributed by atoms with Crippen molar-refractivity contribution in [3.05, 3.63) is 0 Å². The molecule has 1 fully saturated rings. The fraction of sp³-hybridized carbons (Fsp3) is 0.800. The Bertz CT molecular complexity index is 256. The molecule has 0 aromatic heterocycles. The van der Waals surface area contributed by atoms with Crippen LogP contribution >= 0.6 is 0 Å². The van der Waals surface area contributed by atoms with Gasteiger partial charge in [0.2, 0.25) is 11.8 Å². The summed E-state index contributed by atoms with van der Waals surface area (Å²) in [5.41, 5.74) is -0.422. The van der Waals surface area contributed by atoms with E-state index >= 15 is 0 Å². The maximum absolute atomic E-state index is 11.5. The Hall–Kier alpha value is -1.10. The quantitative estimate of drug-likeness (QED) is 0.662. The zero-order valence-corrected chi connectivity index (χ0v) is 9.25. The molecule has 1 aliphatic rings. The first-order valence-electron chi connectivity index (χ1n) is 5.13. The summed E-state index contributed by atoms with van der Waals surface area (Å²) in [6, 6.07) is 0. The lowest BCUT2D eigenvalue weighted by Gasteiger charge is -2.41. The predicted octanol–water partition coefficient (Wildman–Crippen LogP) is -0.504. The van der Waals surface area contributed by atoms with Crippen molar-refractivity contribution >= 4 is 11.8 Å². The van der Waals surface area contributed by atoms with Gasteiger partial charge in [-0.05, 0) is 19.3 Å². The molecule has 0 saturated heterocycles. The number of nitrogens with zero attached hydrogens (tertiary/aromatic N) is 1. The highest BCUT2D eigenvalue weighted by Crippen LogP contribution is 2.30. The summed E-state index contributed by atoms with van der Waals surface area (Å²) in [4.78, 5) is 23.7. The molecule has 5 heteroatoms. The third kappa shape index (κ3) is 2.92. The number of carbonyl (C=O) groups is 2. The zero-order chi connectivity index (χ0) is 11.5. The molecule has 0 aliphatic heterocycles. The van der Waals surface area contributed by atoms with Gasteiger partial charge in [0.15, 0.2) is 0 Å². The van der Waals surface area contributed by atoms with Crippen LogP contribution in [-0.2, 0) is 9.59 Å². The minimum absolute atomic E-state index is 0.0253. The van der Waals surface area contributed by atoms with Crippen LogP contribution in [0.25, 0.3) is 0 Å². The molecule has 0 aromatic rings. The van der Waals surface area contributed by atoms with E-state index < -0.39 is 5.54 Å². The van der Waals surface area contributed by atoms with Crippen molar-refractivity contribution in [2.75, 3.05) is 20.2 Å². The minimum atomic E-state index is -0.422. The van der Waals surface area contributed by atoms with Crippen LogP contribution in [0, 0.1) is 0 Å². The normalized spacial score (nSPS) is 17.8. The van der Waals surface area contributed by atoms with Gasteiger partial charge in [-0.25, -0.2) is 0 Å². The molecular weight excluding hydrogens is 196 g/mol. The second-order valence-electron chi connectivity index (χ2n) is 4.22. The van der Waals surface area contributed by atoms with Crippen LogP contribution in [0.2, 0.25) is 0 Å². The Morgan fingerprint density at radius 2 is 2.07 bits per heavy atom. The number of hydrogen-bond donors (Lipinski definition) is 2. The molecular formula is C10H18N2O3. The lowest BCUT2D eigenvalue weighted by Crippen LogP contribution is -2.57. The Morgan fingerprint density at radius 3 is 2.40 bits per heavy atom. The number of amides is 2. The maximum atomic E-state index is 11.5. The molecule has 5 nitrogen and oxygen atoms in total.